The third-order valence-electron chi connectivity index (χ3n) is 9.60. The summed E-state index contributed by atoms with van der Waals surface area (Å²) in [5.74, 6) is 3.92. The molecular weight excluding hydrogens is 412 g/mol. The maximum atomic E-state index is 13.0. The van der Waals surface area contributed by atoms with Crippen LogP contribution in [0, 0.1) is 52.8 Å². The van der Waals surface area contributed by atoms with Gasteiger partial charge >= 0.3 is 11.9 Å². The first kappa shape index (κ1) is 25.0. The highest BCUT2D eigenvalue weighted by molar-refractivity contribution is 5.74. The van der Waals surface area contributed by atoms with Crippen molar-refractivity contribution in [3.05, 3.63) is 0 Å². The molecule has 0 aromatic rings. The molecule has 5 saturated carbocycles. The Balaban J connectivity index is 0.00000126. The van der Waals surface area contributed by atoms with E-state index >= 15 is 0 Å². The van der Waals surface area contributed by atoms with Crippen LogP contribution in [0.1, 0.15) is 106 Å². The van der Waals surface area contributed by atoms with Crippen molar-refractivity contribution >= 4 is 11.9 Å². The predicted molar refractivity (Wildman–Crippen MR) is 130 cm³/mol. The lowest BCUT2D eigenvalue weighted by molar-refractivity contribution is -0.164. The molecule has 0 amide bonds. The molecule has 0 spiro atoms. The molecule has 33 heavy (non-hydrogen) atoms. The molecule has 4 bridgehead atoms. The third kappa shape index (κ3) is 4.87. The van der Waals surface area contributed by atoms with Crippen LogP contribution in [-0.2, 0) is 19.1 Å². The van der Waals surface area contributed by atoms with E-state index < -0.39 is 0 Å². The van der Waals surface area contributed by atoms with Crippen molar-refractivity contribution in [2.75, 3.05) is 0 Å². The Kier molecular flexibility index (Phi) is 7.51. The van der Waals surface area contributed by atoms with Gasteiger partial charge in [-0.1, -0.05) is 41.5 Å². The fourth-order valence-corrected chi connectivity index (χ4v) is 8.59. The van der Waals surface area contributed by atoms with Gasteiger partial charge in [0.25, 0.3) is 0 Å². The minimum Gasteiger partial charge on any atom is -0.462 e. The highest BCUT2D eigenvalue weighted by Crippen LogP contribution is 2.69. The highest BCUT2D eigenvalue weighted by atomic mass is 16.5. The first-order chi connectivity index (χ1) is 15.7. The summed E-state index contributed by atoms with van der Waals surface area (Å²) < 4.78 is 12.1. The Labute approximate surface area is 201 Å². The van der Waals surface area contributed by atoms with Crippen LogP contribution in [0.5, 0.6) is 0 Å². The first-order valence-corrected chi connectivity index (χ1v) is 14.2. The quantitative estimate of drug-likeness (QED) is 0.323. The summed E-state index contributed by atoms with van der Waals surface area (Å²) in [7, 11) is 0. The van der Waals surface area contributed by atoms with Crippen molar-refractivity contribution in [1.29, 1.82) is 0 Å². The molecule has 0 radical (unpaired) electrons. The van der Waals surface area contributed by atoms with Gasteiger partial charge in [0.2, 0.25) is 0 Å². The fourth-order valence-electron chi connectivity index (χ4n) is 8.59. The van der Waals surface area contributed by atoms with Crippen LogP contribution in [0.2, 0.25) is 0 Å². The van der Waals surface area contributed by atoms with Crippen LogP contribution >= 0.6 is 0 Å². The van der Waals surface area contributed by atoms with Gasteiger partial charge in [-0.2, -0.15) is 0 Å². The van der Waals surface area contributed by atoms with Crippen LogP contribution in [-0.4, -0.2) is 24.1 Å². The van der Waals surface area contributed by atoms with E-state index in [2.05, 4.69) is 27.7 Å². The SMILES string of the molecule is CC.CCC(CC(C)(C)C)C(=O)OC1CC2CC1C1C3CC(CC3C(=O)OC3CCCC3)C21. The van der Waals surface area contributed by atoms with Crippen molar-refractivity contribution in [3.8, 4) is 0 Å². The molecule has 0 heterocycles. The summed E-state index contributed by atoms with van der Waals surface area (Å²) >= 11 is 0. The molecule has 9 atom stereocenters. The molecule has 9 unspecified atom stereocenters. The zero-order chi connectivity index (χ0) is 23.9. The molecule has 5 aliphatic rings. The Morgan fingerprint density at radius 2 is 1.52 bits per heavy atom. The number of hydrogen-bond acceptors (Lipinski definition) is 4. The molecule has 4 nitrogen and oxygen atoms in total. The summed E-state index contributed by atoms with van der Waals surface area (Å²) in [6, 6.07) is 0. The molecule has 0 aromatic carbocycles. The van der Waals surface area contributed by atoms with Crippen LogP contribution in [0.3, 0.4) is 0 Å². The highest BCUT2D eigenvalue weighted by Gasteiger charge is 2.66. The van der Waals surface area contributed by atoms with E-state index in [1.807, 2.05) is 13.8 Å². The van der Waals surface area contributed by atoms with E-state index in [0.717, 1.165) is 44.4 Å². The smallest absolute Gasteiger partial charge is 0.309 e. The monoisotopic (exact) mass is 460 g/mol. The summed E-state index contributed by atoms with van der Waals surface area (Å²) in [6.07, 6.45) is 11.0. The zero-order valence-electron chi connectivity index (χ0n) is 22.0. The molecule has 0 aliphatic heterocycles. The number of carbonyl (C=O) groups excluding carboxylic acids is 2. The Morgan fingerprint density at radius 3 is 2.15 bits per heavy atom. The lowest BCUT2D eigenvalue weighted by Gasteiger charge is -2.41. The van der Waals surface area contributed by atoms with Gasteiger partial charge in [-0.05, 0) is 105 Å². The third-order valence-corrected chi connectivity index (χ3v) is 9.60. The number of hydrogen-bond donors (Lipinski definition) is 0. The number of fused-ring (bicyclic) bond motifs is 9. The second-order valence-electron chi connectivity index (χ2n) is 12.7. The van der Waals surface area contributed by atoms with Gasteiger partial charge in [0.1, 0.15) is 12.2 Å². The summed E-state index contributed by atoms with van der Waals surface area (Å²) in [5.41, 5.74) is 0.136. The van der Waals surface area contributed by atoms with Crippen molar-refractivity contribution < 1.29 is 19.1 Å². The molecule has 5 rings (SSSR count). The van der Waals surface area contributed by atoms with E-state index in [1.54, 1.807) is 0 Å². The van der Waals surface area contributed by atoms with Gasteiger partial charge in [-0.25, -0.2) is 0 Å². The number of carbonyl (C=O) groups is 2. The molecule has 0 N–H and O–H groups in total. The fraction of sp³-hybridized carbons (Fsp3) is 0.931. The van der Waals surface area contributed by atoms with Crippen LogP contribution in [0.4, 0.5) is 0 Å². The first-order valence-electron chi connectivity index (χ1n) is 14.2. The average Bonchev–Trinajstić information content (AvgIpc) is 3.58. The standard InChI is InChI=1S/C27H42O4.C2H6/c1-5-15(14-27(2,3)4)25(28)31-22-13-17-12-21(22)24-19-10-16(23(17)24)11-20(19)26(29)30-18-8-6-7-9-18;1-2/h15-24H,5-14H2,1-4H3;1-2H3. The van der Waals surface area contributed by atoms with Crippen LogP contribution in [0.25, 0.3) is 0 Å². The van der Waals surface area contributed by atoms with Gasteiger partial charge in [-0.15, -0.1) is 0 Å². The van der Waals surface area contributed by atoms with Gasteiger partial charge in [0.05, 0.1) is 11.8 Å². The van der Waals surface area contributed by atoms with E-state index in [0.29, 0.717) is 29.6 Å². The maximum Gasteiger partial charge on any atom is 0.309 e. The summed E-state index contributed by atoms with van der Waals surface area (Å²) in [4.78, 5) is 26.0. The van der Waals surface area contributed by atoms with Gasteiger partial charge < -0.3 is 9.47 Å². The number of rotatable bonds is 6. The van der Waals surface area contributed by atoms with E-state index in [4.69, 9.17) is 9.47 Å². The zero-order valence-corrected chi connectivity index (χ0v) is 22.0. The maximum absolute atomic E-state index is 13.0. The molecule has 0 aromatic heterocycles. The molecule has 4 heteroatoms. The van der Waals surface area contributed by atoms with E-state index in [-0.39, 0.29) is 41.4 Å². The molecule has 0 saturated heterocycles. The minimum atomic E-state index is 0.00379. The number of esters is 2. The van der Waals surface area contributed by atoms with Crippen molar-refractivity contribution in [2.45, 2.75) is 118 Å². The van der Waals surface area contributed by atoms with Crippen LogP contribution < -0.4 is 0 Å². The van der Waals surface area contributed by atoms with Crippen LogP contribution in [0.15, 0.2) is 0 Å². The lowest BCUT2D eigenvalue weighted by atomic mass is 9.66. The topological polar surface area (TPSA) is 52.6 Å². The van der Waals surface area contributed by atoms with Crippen molar-refractivity contribution in [2.24, 2.45) is 52.8 Å². The Bertz CT molecular complexity index is 703. The van der Waals surface area contributed by atoms with E-state index in [9.17, 15) is 9.59 Å². The summed E-state index contributed by atoms with van der Waals surface area (Å²) in [5, 5.41) is 0. The van der Waals surface area contributed by atoms with E-state index in [1.165, 1.54) is 25.7 Å². The second kappa shape index (κ2) is 9.90. The largest absolute Gasteiger partial charge is 0.462 e. The molecular formula is C29H48O4. The molecule has 5 aliphatic carbocycles. The van der Waals surface area contributed by atoms with Gasteiger partial charge in [-0.3, -0.25) is 9.59 Å². The normalized spacial score (nSPS) is 39.7. The molecule has 188 valence electrons. The Morgan fingerprint density at radius 1 is 0.879 bits per heavy atom. The van der Waals surface area contributed by atoms with Crippen molar-refractivity contribution in [1.82, 2.24) is 0 Å². The average molecular weight is 461 g/mol. The second-order valence-corrected chi connectivity index (χ2v) is 12.7. The lowest BCUT2D eigenvalue weighted by Crippen LogP contribution is -2.42. The minimum absolute atomic E-state index is 0.00379. The molecule has 5 fully saturated rings. The Hall–Kier alpha value is -1.06. The number of ether oxygens (including phenoxy) is 2. The predicted octanol–water partition coefficient (Wildman–Crippen LogP) is 6.80. The van der Waals surface area contributed by atoms with Gasteiger partial charge in [0, 0.05) is 0 Å². The van der Waals surface area contributed by atoms with Crippen molar-refractivity contribution in [3.63, 3.8) is 0 Å². The summed E-state index contributed by atoms with van der Waals surface area (Å²) in [6.45, 7) is 12.7. The van der Waals surface area contributed by atoms with Gasteiger partial charge in [0.15, 0.2) is 0 Å².